The molecular formula is C33H45N7O4. The molecule has 3 fully saturated rings. The van der Waals surface area contributed by atoms with Crippen molar-refractivity contribution in [2.75, 3.05) is 31.9 Å². The lowest BCUT2D eigenvalue weighted by molar-refractivity contribution is -0.106. The normalized spacial score (nSPS) is 22.1. The summed E-state index contributed by atoms with van der Waals surface area (Å²) >= 11 is 0. The van der Waals surface area contributed by atoms with Crippen LogP contribution in [-0.4, -0.2) is 90.8 Å². The highest BCUT2D eigenvalue weighted by Crippen LogP contribution is 2.34. The second-order valence-corrected chi connectivity index (χ2v) is 13.5. The van der Waals surface area contributed by atoms with Gasteiger partial charge in [0, 0.05) is 30.9 Å². The number of aromatic nitrogens is 4. The lowest BCUT2D eigenvalue weighted by Gasteiger charge is -2.47. The summed E-state index contributed by atoms with van der Waals surface area (Å²) in [5.74, 6) is 1.06. The van der Waals surface area contributed by atoms with Crippen molar-refractivity contribution in [2.24, 2.45) is 5.92 Å². The van der Waals surface area contributed by atoms with E-state index in [0.29, 0.717) is 53.9 Å². The Bertz CT molecular complexity index is 1430. The lowest BCUT2D eigenvalue weighted by atomic mass is 9.84. The molecule has 1 saturated carbocycles. The molecule has 1 aromatic carbocycles. The van der Waals surface area contributed by atoms with Crippen LogP contribution >= 0.6 is 0 Å². The van der Waals surface area contributed by atoms with E-state index >= 15 is 0 Å². The molecule has 11 heteroatoms. The van der Waals surface area contributed by atoms with Gasteiger partial charge in [0.05, 0.1) is 35.6 Å². The van der Waals surface area contributed by atoms with Gasteiger partial charge in [-0.25, -0.2) is 9.78 Å². The number of carbonyl (C=O) groups excluding carboxylic acids is 1. The van der Waals surface area contributed by atoms with Crippen molar-refractivity contribution in [1.29, 1.82) is 0 Å². The minimum absolute atomic E-state index is 0.151. The topological polar surface area (TPSA) is 132 Å². The number of nitrogens with zero attached hydrogens (tertiary/aromatic N) is 6. The zero-order chi connectivity index (χ0) is 30.8. The number of phenols is 1. The van der Waals surface area contributed by atoms with Crippen LogP contribution in [-0.2, 0) is 15.9 Å². The van der Waals surface area contributed by atoms with Gasteiger partial charge in [-0.1, -0.05) is 12.1 Å². The molecule has 1 aliphatic carbocycles. The fourth-order valence-corrected chi connectivity index (χ4v) is 6.56. The van der Waals surface area contributed by atoms with Gasteiger partial charge in [0.15, 0.2) is 5.82 Å². The second kappa shape index (κ2) is 12.7. The molecule has 44 heavy (non-hydrogen) atoms. The van der Waals surface area contributed by atoms with Gasteiger partial charge in [0.25, 0.3) is 0 Å². The number of hydrogen-bond donors (Lipinski definition) is 2. The average molecular weight is 604 g/mol. The van der Waals surface area contributed by atoms with Gasteiger partial charge in [-0.15, -0.1) is 10.2 Å². The summed E-state index contributed by atoms with van der Waals surface area (Å²) in [6, 6.07) is 9.52. The Balaban J connectivity index is 0.930. The largest absolute Gasteiger partial charge is 0.507 e. The van der Waals surface area contributed by atoms with E-state index in [1.54, 1.807) is 24.5 Å². The quantitative estimate of drug-likeness (QED) is 0.390. The number of anilines is 1. The van der Waals surface area contributed by atoms with E-state index in [-0.39, 0.29) is 17.9 Å². The number of para-hydroxylation sites is 1. The molecule has 2 aromatic heterocycles. The lowest BCUT2D eigenvalue weighted by Crippen LogP contribution is -2.52. The van der Waals surface area contributed by atoms with E-state index in [4.69, 9.17) is 15.2 Å². The molecule has 0 atom stereocenters. The van der Waals surface area contributed by atoms with Crippen LogP contribution in [0.4, 0.5) is 10.6 Å². The number of phenolic OH excluding ortho intramolecular Hbond substituents is 1. The van der Waals surface area contributed by atoms with Crippen molar-refractivity contribution in [3.8, 4) is 22.7 Å². The summed E-state index contributed by atoms with van der Waals surface area (Å²) in [6.45, 7) is 9.34. The van der Waals surface area contributed by atoms with Gasteiger partial charge in [-0.05, 0) is 103 Å². The Morgan fingerprint density at radius 3 is 2.45 bits per heavy atom. The molecule has 3 N–H and O–H groups in total. The first kappa shape index (κ1) is 30.3. The Labute approximate surface area is 259 Å². The monoisotopic (exact) mass is 603 g/mol. The van der Waals surface area contributed by atoms with E-state index in [9.17, 15) is 9.90 Å². The molecule has 0 radical (unpaired) electrons. The highest BCUT2D eigenvalue weighted by atomic mass is 16.6. The fraction of sp³-hybridized carbons (Fsp3) is 0.576. The minimum Gasteiger partial charge on any atom is -0.507 e. The Morgan fingerprint density at radius 2 is 1.75 bits per heavy atom. The van der Waals surface area contributed by atoms with Crippen LogP contribution in [0.25, 0.3) is 16.9 Å². The molecule has 0 bridgehead atoms. The molecule has 4 heterocycles. The summed E-state index contributed by atoms with van der Waals surface area (Å²) in [6.07, 6.45) is 11.4. The molecule has 3 aliphatic rings. The summed E-state index contributed by atoms with van der Waals surface area (Å²) in [7, 11) is 0. The number of imidazole rings is 1. The maximum absolute atomic E-state index is 12.3. The zero-order valence-corrected chi connectivity index (χ0v) is 26.1. The number of amides is 1. The van der Waals surface area contributed by atoms with Crippen molar-refractivity contribution >= 4 is 11.9 Å². The summed E-state index contributed by atoms with van der Waals surface area (Å²) < 4.78 is 13.8. The summed E-state index contributed by atoms with van der Waals surface area (Å²) in [4.78, 5) is 21.5. The number of piperidine rings is 2. The fourth-order valence-electron chi connectivity index (χ4n) is 6.56. The van der Waals surface area contributed by atoms with Crippen LogP contribution in [0.5, 0.6) is 5.75 Å². The van der Waals surface area contributed by atoms with Gasteiger partial charge in [-0.2, -0.15) is 0 Å². The highest BCUT2D eigenvalue weighted by Gasteiger charge is 2.38. The number of nitrogen functional groups attached to an aromatic ring is 1. The molecule has 1 amide bonds. The number of aromatic hydroxyl groups is 1. The average Bonchev–Trinajstić information content (AvgIpc) is 3.43. The third kappa shape index (κ3) is 7.15. The van der Waals surface area contributed by atoms with Crippen molar-refractivity contribution in [2.45, 2.75) is 89.6 Å². The number of ether oxygens (including phenoxy) is 2. The highest BCUT2D eigenvalue weighted by molar-refractivity contribution is 5.70. The summed E-state index contributed by atoms with van der Waals surface area (Å²) in [5.41, 5.74) is 8.61. The van der Waals surface area contributed by atoms with E-state index in [1.165, 1.54) is 0 Å². The molecule has 0 unspecified atom stereocenters. The van der Waals surface area contributed by atoms with Crippen LogP contribution in [0.3, 0.4) is 0 Å². The van der Waals surface area contributed by atoms with Crippen molar-refractivity contribution in [1.82, 2.24) is 29.5 Å². The predicted octanol–water partition coefficient (Wildman–Crippen LogP) is 4.82. The predicted molar refractivity (Wildman–Crippen MR) is 167 cm³/mol. The third-order valence-electron chi connectivity index (χ3n) is 9.11. The van der Waals surface area contributed by atoms with Crippen molar-refractivity contribution in [3.63, 3.8) is 0 Å². The molecule has 2 saturated heterocycles. The maximum atomic E-state index is 12.3. The van der Waals surface area contributed by atoms with E-state index < -0.39 is 5.60 Å². The molecular weight excluding hydrogens is 558 g/mol. The molecule has 11 nitrogen and oxygen atoms in total. The van der Waals surface area contributed by atoms with Crippen LogP contribution in [0.1, 0.15) is 65.0 Å². The van der Waals surface area contributed by atoms with Crippen LogP contribution in [0.15, 0.2) is 42.9 Å². The first-order chi connectivity index (χ1) is 21.1. The zero-order valence-electron chi connectivity index (χ0n) is 26.1. The standard InChI is InChI=1S/C33H45N7O4/c1-33(2,3)44-32(42)39-14-10-25(11-15-39)43-26-17-24(18-26)38-12-8-22(9-13-38)16-23-20-40(21-35-23)29-19-28(36-37-31(29)34)27-6-4-5-7-30(27)41/h4-7,19-22,24-26,41H,8-18H2,1-3H3,(H2,34,37). The number of benzene rings is 1. The first-order valence-corrected chi connectivity index (χ1v) is 15.9. The maximum Gasteiger partial charge on any atom is 0.410 e. The molecule has 6 rings (SSSR count). The Kier molecular flexibility index (Phi) is 8.77. The van der Waals surface area contributed by atoms with Gasteiger partial charge in [0.1, 0.15) is 11.4 Å². The Hall–Kier alpha value is -3.70. The summed E-state index contributed by atoms with van der Waals surface area (Å²) in [5, 5.41) is 18.6. The van der Waals surface area contributed by atoms with Gasteiger partial charge >= 0.3 is 6.09 Å². The van der Waals surface area contributed by atoms with E-state index in [1.807, 2.05) is 48.6 Å². The first-order valence-electron chi connectivity index (χ1n) is 15.9. The number of nitrogens with two attached hydrogens (primary N) is 1. The number of likely N-dealkylation sites (tertiary alicyclic amines) is 2. The SMILES string of the molecule is CC(C)(C)OC(=O)N1CCC(OC2CC(N3CCC(Cc4cn(-c5cc(-c6ccccc6O)nnc5N)cn4)CC3)C2)CC1. The van der Waals surface area contributed by atoms with Gasteiger partial charge in [-0.3, -0.25) is 0 Å². The van der Waals surface area contributed by atoms with Crippen LogP contribution < -0.4 is 5.73 Å². The number of hydrogen-bond acceptors (Lipinski definition) is 9. The smallest absolute Gasteiger partial charge is 0.410 e. The number of carbonyl (C=O) groups is 1. The van der Waals surface area contributed by atoms with Crippen LogP contribution in [0, 0.1) is 5.92 Å². The number of rotatable bonds is 7. The van der Waals surface area contributed by atoms with E-state index in [2.05, 4.69) is 20.1 Å². The minimum atomic E-state index is -0.461. The molecule has 236 valence electrons. The van der Waals surface area contributed by atoms with E-state index in [0.717, 1.165) is 63.7 Å². The molecule has 2 aliphatic heterocycles. The third-order valence-corrected chi connectivity index (χ3v) is 9.11. The van der Waals surface area contributed by atoms with Gasteiger partial charge in [0.2, 0.25) is 0 Å². The second-order valence-electron chi connectivity index (χ2n) is 13.5. The Morgan fingerprint density at radius 1 is 1.02 bits per heavy atom. The van der Waals surface area contributed by atoms with Crippen LogP contribution in [0.2, 0.25) is 0 Å². The molecule has 0 spiro atoms. The van der Waals surface area contributed by atoms with Crippen molar-refractivity contribution in [3.05, 3.63) is 48.5 Å². The molecule has 3 aromatic rings. The van der Waals surface area contributed by atoms with Gasteiger partial charge < -0.3 is 34.7 Å². The van der Waals surface area contributed by atoms with Crippen molar-refractivity contribution < 1.29 is 19.4 Å².